The van der Waals surface area contributed by atoms with Gasteiger partial charge in [0, 0.05) is 17.3 Å². The predicted molar refractivity (Wildman–Crippen MR) is 96.7 cm³/mol. The lowest BCUT2D eigenvalue weighted by Gasteiger charge is -2.10. The van der Waals surface area contributed by atoms with Crippen molar-refractivity contribution in [1.82, 2.24) is 19.9 Å². The first-order chi connectivity index (χ1) is 11.4. The van der Waals surface area contributed by atoms with Crippen LogP contribution in [0.25, 0.3) is 4.96 Å². The fourth-order valence-corrected chi connectivity index (χ4v) is 3.27. The van der Waals surface area contributed by atoms with Crippen molar-refractivity contribution in [3.05, 3.63) is 46.2 Å². The van der Waals surface area contributed by atoms with Gasteiger partial charge in [0.1, 0.15) is 5.01 Å². The summed E-state index contributed by atoms with van der Waals surface area (Å²) in [4.78, 5) is 17.4. The molecule has 0 spiro atoms. The Morgan fingerprint density at radius 3 is 2.62 bits per heavy atom. The minimum absolute atomic E-state index is 0.0529. The van der Waals surface area contributed by atoms with E-state index >= 15 is 0 Å². The van der Waals surface area contributed by atoms with E-state index in [2.05, 4.69) is 20.7 Å². The summed E-state index contributed by atoms with van der Waals surface area (Å²) in [6.45, 7) is 8.50. The van der Waals surface area contributed by atoms with Crippen molar-refractivity contribution in [3.8, 4) is 0 Å². The molecule has 0 bridgehead atoms. The van der Waals surface area contributed by atoms with Crippen LogP contribution < -0.4 is 10.6 Å². The van der Waals surface area contributed by atoms with Crippen LogP contribution in [-0.2, 0) is 6.54 Å². The first-order valence-corrected chi connectivity index (χ1v) is 8.72. The van der Waals surface area contributed by atoms with E-state index in [1.165, 1.54) is 0 Å². The van der Waals surface area contributed by atoms with Gasteiger partial charge in [0.2, 0.25) is 4.96 Å². The zero-order valence-corrected chi connectivity index (χ0v) is 15.1. The summed E-state index contributed by atoms with van der Waals surface area (Å²) < 4.78 is 1.90. The van der Waals surface area contributed by atoms with E-state index in [0.717, 1.165) is 27.0 Å². The molecule has 0 aliphatic heterocycles. The molecule has 0 radical (unpaired) electrons. The molecule has 0 fully saturated rings. The fraction of sp³-hybridized carbons (Fsp3) is 0.353. The Kier molecular flexibility index (Phi) is 4.53. The van der Waals surface area contributed by atoms with Crippen LogP contribution in [0.2, 0.25) is 0 Å². The number of aryl methyl sites for hydroxylation is 2. The number of rotatable bonds is 5. The van der Waals surface area contributed by atoms with E-state index in [0.29, 0.717) is 12.1 Å². The second-order valence-electron chi connectivity index (χ2n) is 6.02. The summed E-state index contributed by atoms with van der Waals surface area (Å²) in [6, 6.07) is 7.60. The number of carbonyl (C=O) groups is 1. The number of fused-ring (bicyclic) bond motifs is 1. The monoisotopic (exact) mass is 343 g/mol. The number of anilines is 1. The lowest BCUT2D eigenvalue weighted by atomic mass is 10.2. The Balaban J connectivity index is 1.70. The maximum absolute atomic E-state index is 12.0. The molecular weight excluding hydrogens is 322 g/mol. The van der Waals surface area contributed by atoms with Crippen molar-refractivity contribution in [1.29, 1.82) is 0 Å². The molecule has 126 valence electrons. The Labute approximate surface area is 144 Å². The van der Waals surface area contributed by atoms with Gasteiger partial charge in [-0.25, -0.2) is 9.50 Å². The van der Waals surface area contributed by atoms with Gasteiger partial charge >= 0.3 is 0 Å². The van der Waals surface area contributed by atoms with Gasteiger partial charge in [0.05, 0.1) is 17.9 Å². The van der Waals surface area contributed by atoms with Gasteiger partial charge in [-0.3, -0.25) is 4.79 Å². The fourth-order valence-electron chi connectivity index (χ4n) is 2.46. The molecule has 3 rings (SSSR count). The highest BCUT2D eigenvalue weighted by Crippen LogP contribution is 2.19. The Morgan fingerprint density at radius 2 is 1.96 bits per heavy atom. The van der Waals surface area contributed by atoms with Crippen LogP contribution in [0, 0.1) is 13.8 Å². The van der Waals surface area contributed by atoms with E-state index in [4.69, 9.17) is 0 Å². The van der Waals surface area contributed by atoms with Crippen molar-refractivity contribution < 1.29 is 4.79 Å². The van der Waals surface area contributed by atoms with Gasteiger partial charge in [-0.05, 0) is 52.0 Å². The minimum Gasteiger partial charge on any atom is -0.379 e. The van der Waals surface area contributed by atoms with Gasteiger partial charge in [-0.2, -0.15) is 5.10 Å². The van der Waals surface area contributed by atoms with Crippen LogP contribution in [-0.4, -0.2) is 26.5 Å². The average Bonchev–Trinajstić information content (AvgIpc) is 3.00. The third-order valence-electron chi connectivity index (χ3n) is 3.62. The largest absolute Gasteiger partial charge is 0.379 e. The topological polar surface area (TPSA) is 71.3 Å². The van der Waals surface area contributed by atoms with Crippen LogP contribution in [0.3, 0.4) is 0 Å². The molecule has 2 aromatic heterocycles. The van der Waals surface area contributed by atoms with Crippen LogP contribution in [0.15, 0.2) is 24.3 Å². The van der Waals surface area contributed by atoms with Gasteiger partial charge in [0.15, 0.2) is 0 Å². The first kappa shape index (κ1) is 16.4. The van der Waals surface area contributed by atoms with E-state index < -0.39 is 0 Å². The minimum atomic E-state index is -0.0529. The molecule has 0 aliphatic carbocycles. The van der Waals surface area contributed by atoms with Gasteiger partial charge in [0.25, 0.3) is 5.91 Å². The number of hydrogen-bond acceptors (Lipinski definition) is 5. The SMILES string of the molecule is Cc1nn2c(CNc3ccc(C(=O)NC(C)C)cc3)c(C)nc2s1. The smallest absolute Gasteiger partial charge is 0.251 e. The van der Waals surface area contributed by atoms with Crippen LogP contribution in [0.4, 0.5) is 5.69 Å². The third kappa shape index (κ3) is 3.41. The summed E-state index contributed by atoms with van der Waals surface area (Å²) in [5.74, 6) is -0.0529. The van der Waals surface area contributed by atoms with Crippen LogP contribution >= 0.6 is 11.3 Å². The molecule has 6 nitrogen and oxygen atoms in total. The average molecular weight is 343 g/mol. The summed E-state index contributed by atoms with van der Waals surface area (Å²) in [7, 11) is 0. The lowest BCUT2D eigenvalue weighted by Crippen LogP contribution is -2.29. The number of carbonyl (C=O) groups excluding carboxylic acids is 1. The highest BCUT2D eigenvalue weighted by Gasteiger charge is 2.12. The molecule has 0 aliphatic rings. The second-order valence-corrected chi connectivity index (χ2v) is 7.18. The van der Waals surface area contributed by atoms with Crippen molar-refractivity contribution in [2.24, 2.45) is 0 Å². The molecule has 1 aromatic carbocycles. The predicted octanol–water partition coefficient (Wildman–Crippen LogP) is 3.16. The van der Waals surface area contributed by atoms with E-state index in [1.54, 1.807) is 11.3 Å². The summed E-state index contributed by atoms with van der Waals surface area (Å²) >= 11 is 1.59. The van der Waals surface area contributed by atoms with Crippen LogP contribution in [0.1, 0.15) is 40.6 Å². The van der Waals surface area contributed by atoms with E-state index in [9.17, 15) is 4.79 Å². The standard InChI is InChI=1S/C17H21N5OS/c1-10(2)19-16(23)13-5-7-14(8-6-13)18-9-15-11(3)20-17-22(15)21-12(4)24-17/h5-8,10,18H,9H2,1-4H3,(H,19,23). The Morgan fingerprint density at radius 1 is 1.25 bits per heavy atom. The normalized spacial score (nSPS) is 11.2. The number of amides is 1. The molecule has 3 aromatic rings. The quantitative estimate of drug-likeness (QED) is 0.746. The number of nitrogens with one attached hydrogen (secondary N) is 2. The molecule has 2 N–H and O–H groups in total. The molecule has 2 heterocycles. The number of nitrogens with zero attached hydrogens (tertiary/aromatic N) is 3. The molecule has 7 heteroatoms. The molecular formula is C17H21N5OS. The molecule has 24 heavy (non-hydrogen) atoms. The first-order valence-electron chi connectivity index (χ1n) is 7.90. The maximum atomic E-state index is 12.0. The molecule has 0 unspecified atom stereocenters. The van der Waals surface area contributed by atoms with Gasteiger partial charge in [-0.1, -0.05) is 11.3 Å². The zero-order valence-electron chi connectivity index (χ0n) is 14.3. The Bertz CT molecular complexity index is 863. The second kappa shape index (κ2) is 6.60. The van der Waals surface area contributed by atoms with Crippen molar-refractivity contribution in [2.45, 2.75) is 40.3 Å². The van der Waals surface area contributed by atoms with Crippen LogP contribution in [0.5, 0.6) is 0 Å². The number of imidazole rings is 1. The lowest BCUT2D eigenvalue weighted by molar-refractivity contribution is 0.0943. The summed E-state index contributed by atoms with van der Waals surface area (Å²) in [6.07, 6.45) is 0. The van der Waals surface area contributed by atoms with Crippen molar-refractivity contribution in [3.63, 3.8) is 0 Å². The van der Waals surface area contributed by atoms with Crippen molar-refractivity contribution >= 4 is 27.9 Å². The van der Waals surface area contributed by atoms with Gasteiger partial charge in [-0.15, -0.1) is 0 Å². The third-order valence-corrected chi connectivity index (χ3v) is 4.45. The Hall–Kier alpha value is -2.41. The van der Waals surface area contributed by atoms with E-state index in [-0.39, 0.29) is 11.9 Å². The molecule has 0 saturated heterocycles. The molecule has 1 amide bonds. The number of aromatic nitrogens is 3. The maximum Gasteiger partial charge on any atom is 0.251 e. The molecule has 0 saturated carbocycles. The number of hydrogen-bond donors (Lipinski definition) is 2. The van der Waals surface area contributed by atoms with E-state index in [1.807, 2.05) is 56.5 Å². The number of benzene rings is 1. The highest BCUT2D eigenvalue weighted by molar-refractivity contribution is 7.16. The summed E-state index contributed by atoms with van der Waals surface area (Å²) in [5, 5.41) is 11.7. The van der Waals surface area contributed by atoms with Gasteiger partial charge < -0.3 is 10.6 Å². The molecule has 0 atom stereocenters. The van der Waals surface area contributed by atoms with Crippen molar-refractivity contribution in [2.75, 3.05) is 5.32 Å². The summed E-state index contributed by atoms with van der Waals surface area (Å²) in [5.41, 5.74) is 3.65. The zero-order chi connectivity index (χ0) is 17.3. The highest BCUT2D eigenvalue weighted by atomic mass is 32.1.